The molecule has 0 atom stereocenters. The number of alkyl halides is 2. The van der Waals surface area contributed by atoms with Gasteiger partial charge in [0.1, 0.15) is 17.9 Å². The van der Waals surface area contributed by atoms with Crippen LogP contribution in [-0.2, 0) is 16.7 Å². The van der Waals surface area contributed by atoms with Crippen molar-refractivity contribution in [2.24, 2.45) is 0 Å². The summed E-state index contributed by atoms with van der Waals surface area (Å²) >= 11 is 0. The van der Waals surface area contributed by atoms with E-state index in [1.54, 1.807) is 12.3 Å². The molecule has 33 heavy (non-hydrogen) atoms. The van der Waals surface area contributed by atoms with E-state index in [0.717, 1.165) is 42.5 Å². The predicted octanol–water partition coefficient (Wildman–Crippen LogP) is 3.80. The van der Waals surface area contributed by atoms with E-state index in [9.17, 15) is 13.6 Å². The van der Waals surface area contributed by atoms with Gasteiger partial charge in [0, 0.05) is 36.1 Å². The Kier molecular flexibility index (Phi) is 4.52. The highest BCUT2D eigenvalue weighted by atomic mass is 19.3. The molecule has 1 N–H and O–H groups in total. The van der Waals surface area contributed by atoms with Crippen LogP contribution in [0.25, 0.3) is 5.65 Å². The number of anilines is 1. The Labute approximate surface area is 188 Å². The average molecular weight is 457 g/mol. The predicted molar refractivity (Wildman–Crippen MR) is 115 cm³/mol. The molecule has 3 aromatic heterocycles. The Morgan fingerprint density at radius 1 is 1.36 bits per heavy atom. The highest BCUT2D eigenvalue weighted by Gasteiger charge is 2.61. The van der Waals surface area contributed by atoms with Crippen LogP contribution in [0.5, 0.6) is 5.75 Å². The second kappa shape index (κ2) is 7.24. The molecule has 8 nitrogen and oxygen atoms in total. The van der Waals surface area contributed by atoms with Crippen LogP contribution in [0, 0.1) is 0 Å². The van der Waals surface area contributed by atoms with Gasteiger partial charge in [0.25, 0.3) is 12.3 Å². The summed E-state index contributed by atoms with van der Waals surface area (Å²) in [4.78, 5) is 18.0. The van der Waals surface area contributed by atoms with E-state index in [1.165, 1.54) is 12.3 Å². The minimum absolute atomic E-state index is 0.0485. The van der Waals surface area contributed by atoms with Gasteiger partial charge in [-0.3, -0.25) is 9.48 Å². The summed E-state index contributed by atoms with van der Waals surface area (Å²) in [6.45, 7) is 2.26. The zero-order valence-corrected chi connectivity index (χ0v) is 18.3. The van der Waals surface area contributed by atoms with Gasteiger partial charge in [-0.25, -0.2) is 13.8 Å². The molecule has 2 aliphatic carbocycles. The normalized spacial score (nSPS) is 26.4. The van der Waals surface area contributed by atoms with E-state index in [4.69, 9.17) is 14.5 Å². The van der Waals surface area contributed by atoms with Gasteiger partial charge >= 0.3 is 0 Å². The molecular weight excluding hydrogens is 432 g/mol. The van der Waals surface area contributed by atoms with E-state index in [-0.39, 0.29) is 22.9 Å². The summed E-state index contributed by atoms with van der Waals surface area (Å²) in [5, 5.41) is 6.70. The molecule has 0 spiro atoms. The first-order valence-electron chi connectivity index (χ1n) is 11.3. The van der Waals surface area contributed by atoms with E-state index in [2.05, 4.69) is 17.3 Å². The lowest BCUT2D eigenvalue weighted by atomic mass is 9.62. The van der Waals surface area contributed by atoms with Crippen LogP contribution >= 0.6 is 0 Å². The Morgan fingerprint density at radius 3 is 2.85 bits per heavy atom. The average Bonchev–Trinajstić information content (AvgIpc) is 3.45. The number of nitrogens with zero attached hydrogens (tertiary/aromatic N) is 4. The smallest absolute Gasteiger partial charge is 0.262 e. The highest BCUT2D eigenvalue weighted by molar-refractivity contribution is 6.05. The van der Waals surface area contributed by atoms with Crippen LogP contribution in [0.1, 0.15) is 55.1 Å². The SMILES string of the molecule is CC12CC(c3cn4cc(C(=O)Nc5ccn(CC(F)F)n5)c(OC5CCC5)cc4n3)(CO1)C2. The van der Waals surface area contributed by atoms with Gasteiger partial charge in [-0.1, -0.05) is 0 Å². The minimum atomic E-state index is -2.52. The number of hydrogen-bond acceptors (Lipinski definition) is 5. The third-order valence-electron chi connectivity index (χ3n) is 7.02. The zero-order chi connectivity index (χ0) is 22.8. The zero-order valence-electron chi connectivity index (χ0n) is 18.3. The summed E-state index contributed by atoms with van der Waals surface area (Å²) in [6, 6.07) is 3.30. The summed E-state index contributed by atoms with van der Waals surface area (Å²) in [5.74, 6) is 0.257. The van der Waals surface area contributed by atoms with E-state index in [1.807, 2.05) is 10.6 Å². The molecule has 7 rings (SSSR count). The van der Waals surface area contributed by atoms with Crippen molar-refractivity contribution in [3.63, 3.8) is 0 Å². The van der Waals surface area contributed by atoms with Crippen molar-refractivity contribution in [2.75, 3.05) is 11.9 Å². The van der Waals surface area contributed by atoms with Crippen molar-refractivity contribution in [1.82, 2.24) is 19.2 Å². The number of fused-ring (bicyclic) bond motifs is 2. The molecule has 2 saturated carbocycles. The van der Waals surface area contributed by atoms with Gasteiger partial charge in [0.05, 0.1) is 29.6 Å². The van der Waals surface area contributed by atoms with Crippen LogP contribution in [0.15, 0.2) is 30.7 Å². The molecule has 0 unspecified atom stereocenters. The summed E-state index contributed by atoms with van der Waals surface area (Å²) in [7, 11) is 0. The molecule has 0 aromatic carbocycles. The number of aromatic nitrogens is 4. The number of hydrogen-bond donors (Lipinski definition) is 1. The van der Waals surface area contributed by atoms with Crippen molar-refractivity contribution in [3.05, 3.63) is 42.0 Å². The Morgan fingerprint density at radius 2 is 2.18 bits per heavy atom. The molecule has 3 aromatic rings. The first kappa shape index (κ1) is 20.6. The van der Waals surface area contributed by atoms with Gasteiger partial charge in [-0.2, -0.15) is 5.10 Å². The largest absolute Gasteiger partial charge is 0.489 e. The summed E-state index contributed by atoms with van der Waals surface area (Å²) in [5.41, 5.74) is 1.92. The molecule has 2 saturated heterocycles. The van der Waals surface area contributed by atoms with Crippen LogP contribution in [0.3, 0.4) is 0 Å². The monoisotopic (exact) mass is 457 g/mol. The quantitative estimate of drug-likeness (QED) is 0.584. The van der Waals surface area contributed by atoms with Gasteiger partial charge < -0.3 is 19.2 Å². The van der Waals surface area contributed by atoms with Crippen LogP contribution in [0.4, 0.5) is 14.6 Å². The maximum Gasteiger partial charge on any atom is 0.262 e. The number of ether oxygens (including phenoxy) is 2. The van der Waals surface area contributed by atoms with Crippen molar-refractivity contribution < 1.29 is 23.0 Å². The Hall–Kier alpha value is -3.01. The fraction of sp³-hybridized carbons (Fsp3) is 0.522. The van der Waals surface area contributed by atoms with Gasteiger partial charge in [0.2, 0.25) is 0 Å². The molecular formula is C23H25F2N5O3. The molecule has 0 radical (unpaired) electrons. The lowest BCUT2D eigenvalue weighted by Gasteiger charge is -2.41. The number of nitrogens with one attached hydrogen (secondary N) is 1. The first-order valence-corrected chi connectivity index (χ1v) is 11.3. The maximum atomic E-state index is 13.1. The molecule has 2 aliphatic heterocycles. The van der Waals surface area contributed by atoms with Crippen molar-refractivity contribution >= 4 is 17.4 Å². The number of halogens is 2. The maximum absolute atomic E-state index is 13.1. The van der Waals surface area contributed by atoms with Crippen LogP contribution in [0.2, 0.25) is 0 Å². The van der Waals surface area contributed by atoms with Crippen LogP contribution in [-0.4, -0.2) is 49.8 Å². The number of carbonyl (C=O) groups excluding carboxylic acids is 1. The third-order valence-corrected chi connectivity index (χ3v) is 7.02. The molecule has 2 bridgehead atoms. The van der Waals surface area contributed by atoms with Crippen molar-refractivity contribution in [1.29, 1.82) is 0 Å². The second-order valence-corrected chi connectivity index (χ2v) is 9.75. The molecule has 4 fully saturated rings. The molecule has 4 aliphatic rings. The van der Waals surface area contributed by atoms with Gasteiger partial charge in [-0.05, 0) is 39.0 Å². The minimum Gasteiger partial charge on any atom is -0.489 e. The van der Waals surface area contributed by atoms with E-state index < -0.39 is 18.9 Å². The van der Waals surface area contributed by atoms with E-state index >= 15 is 0 Å². The fourth-order valence-electron chi connectivity index (χ4n) is 5.21. The topological polar surface area (TPSA) is 82.7 Å². The number of amides is 1. The molecule has 5 heterocycles. The van der Waals surface area contributed by atoms with Crippen LogP contribution < -0.4 is 10.1 Å². The fourth-order valence-corrected chi connectivity index (χ4v) is 5.21. The molecule has 174 valence electrons. The third kappa shape index (κ3) is 3.56. The summed E-state index contributed by atoms with van der Waals surface area (Å²) < 4.78 is 40.2. The van der Waals surface area contributed by atoms with Crippen molar-refractivity contribution in [3.8, 4) is 5.75 Å². The number of imidazole rings is 1. The van der Waals surface area contributed by atoms with Gasteiger partial charge in [-0.15, -0.1) is 0 Å². The summed E-state index contributed by atoms with van der Waals surface area (Å²) in [6.07, 6.45) is 7.54. The highest BCUT2D eigenvalue weighted by Crippen LogP contribution is 2.58. The van der Waals surface area contributed by atoms with Crippen molar-refractivity contribution in [2.45, 2.75) is 69.1 Å². The first-order chi connectivity index (χ1) is 15.8. The lowest BCUT2D eigenvalue weighted by molar-refractivity contribution is 0.0154. The number of pyridine rings is 1. The standard InChI is InChI=1S/C23H25F2N5O3/c1-22-11-23(12-22,13-32-22)17-9-29-8-15(16(7-20(29)26-17)33-14-3-2-4-14)21(31)27-19-5-6-30(28-19)10-18(24)25/h5-9,14,18H,2-4,10-13H2,1H3,(H,27,28,31). The number of carbonyl (C=O) groups is 1. The number of rotatable bonds is 7. The Bertz CT molecular complexity index is 1230. The van der Waals surface area contributed by atoms with Gasteiger partial charge in [0.15, 0.2) is 5.82 Å². The Balaban J connectivity index is 1.31. The lowest BCUT2D eigenvalue weighted by Crippen LogP contribution is -2.45. The molecule has 1 amide bonds. The van der Waals surface area contributed by atoms with E-state index in [0.29, 0.717) is 23.6 Å². The molecule has 10 heteroatoms. The second-order valence-electron chi connectivity index (χ2n) is 9.75.